The molecule has 0 aromatic heterocycles. The number of hydrogen-bond acceptors (Lipinski definition) is 5. The van der Waals surface area contributed by atoms with E-state index in [9.17, 15) is 13.2 Å². The Morgan fingerprint density at radius 3 is 2.62 bits per heavy atom. The first-order valence-electron chi connectivity index (χ1n) is 7.49. The number of benzene rings is 1. The molecule has 0 radical (unpaired) electrons. The minimum Gasteiger partial charge on any atom is -0.465 e. The third-order valence-corrected chi connectivity index (χ3v) is 6.13. The van der Waals surface area contributed by atoms with Crippen LogP contribution in [-0.2, 0) is 14.8 Å². The Labute approximate surface area is 153 Å². The van der Waals surface area contributed by atoms with E-state index in [0.29, 0.717) is 6.54 Å². The Hall–Kier alpha value is -0.860. The van der Waals surface area contributed by atoms with Crippen LogP contribution in [0.2, 0.25) is 5.02 Å². The third-order valence-electron chi connectivity index (χ3n) is 4.16. The molecule has 0 aliphatic heterocycles. The smallest absolute Gasteiger partial charge is 0.337 e. The maximum Gasteiger partial charge on any atom is 0.337 e. The molecule has 1 fully saturated rings. The molecule has 2 atom stereocenters. The molecule has 2 rings (SSSR count). The van der Waals surface area contributed by atoms with Crippen molar-refractivity contribution in [3.63, 3.8) is 0 Å². The average Bonchev–Trinajstić information content (AvgIpc) is 2.53. The predicted octanol–water partition coefficient (Wildman–Crippen LogP) is 2.34. The molecule has 0 saturated heterocycles. The summed E-state index contributed by atoms with van der Waals surface area (Å²) in [5.41, 5.74) is 5.94. The molecular weight excluding hydrogens is 375 g/mol. The van der Waals surface area contributed by atoms with Gasteiger partial charge < -0.3 is 10.5 Å². The number of sulfonamides is 1. The van der Waals surface area contributed by atoms with Crippen LogP contribution in [0.3, 0.4) is 0 Å². The van der Waals surface area contributed by atoms with Gasteiger partial charge in [0.05, 0.1) is 17.7 Å². The number of nitrogens with two attached hydrogens (primary N) is 1. The highest BCUT2D eigenvalue weighted by molar-refractivity contribution is 7.89. The van der Waals surface area contributed by atoms with Crippen LogP contribution in [0.4, 0.5) is 0 Å². The monoisotopic (exact) mass is 396 g/mol. The maximum absolute atomic E-state index is 12.6. The number of hydrogen-bond donors (Lipinski definition) is 2. The Balaban J connectivity index is 0.00000288. The standard InChI is InChI=1S/C15H21ClN2O4S.ClH/c1-22-15(19)10-6-7-14(12(16)8-10)23(20,21)18-13-5-3-2-4-11(13)9-17;/h6-8,11,13,18H,2-5,9,17H2,1H3;1H. The van der Waals surface area contributed by atoms with E-state index in [1.54, 1.807) is 0 Å². The van der Waals surface area contributed by atoms with Crippen LogP contribution in [0.15, 0.2) is 23.1 Å². The lowest BCUT2D eigenvalue weighted by atomic mass is 9.85. The fraction of sp³-hybridized carbons (Fsp3) is 0.533. The number of rotatable bonds is 5. The van der Waals surface area contributed by atoms with Crippen LogP contribution in [0.5, 0.6) is 0 Å². The zero-order valence-corrected chi connectivity index (χ0v) is 15.7. The van der Waals surface area contributed by atoms with Crippen molar-refractivity contribution in [2.75, 3.05) is 13.7 Å². The third kappa shape index (κ3) is 4.83. The van der Waals surface area contributed by atoms with Gasteiger partial charge in [-0.3, -0.25) is 0 Å². The first-order chi connectivity index (χ1) is 10.9. The molecule has 2 unspecified atom stereocenters. The fourth-order valence-electron chi connectivity index (χ4n) is 2.87. The van der Waals surface area contributed by atoms with E-state index in [-0.39, 0.29) is 39.8 Å². The van der Waals surface area contributed by atoms with Gasteiger partial charge in [-0.05, 0) is 43.5 Å². The van der Waals surface area contributed by atoms with Crippen molar-refractivity contribution in [1.82, 2.24) is 4.72 Å². The Morgan fingerprint density at radius 1 is 1.38 bits per heavy atom. The van der Waals surface area contributed by atoms with Gasteiger partial charge in [-0.25, -0.2) is 17.9 Å². The van der Waals surface area contributed by atoms with Gasteiger partial charge in [0, 0.05) is 6.04 Å². The lowest BCUT2D eigenvalue weighted by molar-refractivity contribution is 0.0600. The van der Waals surface area contributed by atoms with Crippen LogP contribution in [-0.4, -0.2) is 34.1 Å². The molecule has 9 heteroatoms. The van der Waals surface area contributed by atoms with E-state index in [0.717, 1.165) is 25.7 Å². The van der Waals surface area contributed by atoms with Gasteiger partial charge in [0.15, 0.2) is 0 Å². The van der Waals surface area contributed by atoms with Crippen molar-refractivity contribution in [2.24, 2.45) is 11.7 Å². The predicted molar refractivity (Wildman–Crippen MR) is 95.2 cm³/mol. The van der Waals surface area contributed by atoms with E-state index in [2.05, 4.69) is 9.46 Å². The quantitative estimate of drug-likeness (QED) is 0.744. The average molecular weight is 397 g/mol. The summed E-state index contributed by atoms with van der Waals surface area (Å²) in [6.07, 6.45) is 3.71. The summed E-state index contributed by atoms with van der Waals surface area (Å²) in [6, 6.07) is 3.81. The van der Waals surface area contributed by atoms with E-state index >= 15 is 0 Å². The summed E-state index contributed by atoms with van der Waals surface area (Å²) >= 11 is 6.05. The van der Waals surface area contributed by atoms with Gasteiger partial charge in [-0.1, -0.05) is 24.4 Å². The lowest BCUT2D eigenvalue weighted by Gasteiger charge is -2.31. The zero-order chi connectivity index (χ0) is 17.0. The SMILES string of the molecule is COC(=O)c1ccc(S(=O)(=O)NC2CCCCC2CN)c(Cl)c1.Cl. The molecule has 0 heterocycles. The lowest BCUT2D eigenvalue weighted by Crippen LogP contribution is -2.44. The number of carbonyl (C=O) groups is 1. The summed E-state index contributed by atoms with van der Waals surface area (Å²) in [5, 5.41) is -0.0134. The van der Waals surface area contributed by atoms with Gasteiger partial charge in [-0.15, -0.1) is 12.4 Å². The van der Waals surface area contributed by atoms with E-state index in [4.69, 9.17) is 17.3 Å². The Morgan fingerprint density at radius 2 is 2.04 bits per heavy atom. The number of carbonyl (C=O) groups excluding carboxylic acids is 1. The molecule has 1 aliphatic rings. The second kappa shape index (κ2) is 9.01. The molecule has 1 saturated carbocycles. The summed E-state index contributed by atoms with van der Waals surface area (Å²) in [5.74, 6) is -0.439. The molecule has 3 N–H and O–H groups in total. The molecule has 0 bridgehead atoms. The Kier molecular flexibility index (Phi) is 7.95. The van der Waals surface area contributed by atoms with Gasteiger partial charge in [0.25, 0.3) is 0 Å². The highest BCUT2D eigenvalue weighted by Gasteiger charge is 2.29. The molecule has 1 aromatic rings. The fourth-order valence-corrected chi connectivity index (χ4v) is 4.76. The van der Waals surface area contributed by atoms with Crippen LogP contribution < -0.4 is 10.5 Å². The van der Waals surface area contributed by atoms with Crippen molar-refractivity contribution in [3.8, 4) is 0 Å². The van der Waals surface area contributed by atoms with Gasteiger partial charge in [0.2, 0.25) is 10.0 Å². The maximum atomic E-state index is 12.6. The highest BCUT2D eigenvalue weighted by Crippen LogP contribution is 2.27. The van der Waals surface area contributed by atoms with E-state index in [1.807, 2.05) is 0 Å². The van der Waals surface area contributed by atoms with Crippen LogP contribution in [0.1, 0.15) is 36.0 Å². The molecule has 0 amide bonds. The number of ether oxygens (including phenoxy) is 1. The Bertz CT molecular complexity index is 682. The summed E-state index contributed by atoms with van der Waals surface area (Å²) in [4.78, 5) is 11.4. The van der Waals surface area contributed by atoms with Gasteiger partial charge >= 0.3 is 5.97 Å². The van der Waals surface area contributed by atoms with E-state index < -0.39 is 16.0 Å². The summed E-state index contributed by atoms with van der Waals surface area (Å²) in [7, 11) is -2.52. The number of methoxy groups -OCH3 is 1. The minimum absolute atomic E-state index is 0. The first kappa shape index (κ1) is 21.2. The second-order valence-electron chi connectivity index (χ2n) is 5.64. The number of nitrogens with one attached hydrogen (secondary N) is 1. The van der Waals surface area contributed by atoms with Crippen molar-refractivity contribution >= 4 is 40.0 Å². The molecule has 0 spiro atoms. The molecule has 1 aliphatic carbocycles. The number of esters is 1. The van der Waals surface area contributed by atoms with Gasteiger partial charge in [0.1, 0.15) is 4.90 Å². The summed E-state index contributed by atoms with van der Waals surface area (Å²) in [6.45, 7) is 0.447. The molecule has 6 nitrogen and oxygen atoms in total. The largest absolute Gasteiger partial charge is 0.465 e. The van der Waals surface area contributed by atoms with E-state index in [1.165, 1.54) is 25.3 Å². The zero-order valence-electron chi connectivity index (χ0n) is 13.3. The topological polar surface area (TPSA) is 98.5 Å². The van der Waals surface area contributed by atoms with Crippen molar-refractivity contribution in [2.45, 2.75) is 36.6 Å². The highest BCUT2D eigenvalue weighted by atomic mass is 35.5. The first-order valence-corrected chi connectivity index (χ1v) is 9.35. The van der Waals surface area contributed by atoms with Crippen molar-refractivity contribution < 1.29 is 17.9 Å². The second-order valence-corrected chi connectivity index (χ2v) is 7.73. The molecule has 1 aromatic carbocycles. The summed E-state index contributed by atoms with van der Waals surface area (Å²) < 4.78 is 32.5. The van der Waals surface area contributed by atoms with Crippen molar-refractivity contribution in [3.05, 3.63) is 28.8 Å². The normalized spacial score (nSPS) is 21.0. The van der Waals surface area contributed by atoms with Crippen LogP contribution in [0.25, 0.3) is 0 Å². The van der Waals surface area contributed by atoms with Crippen LogP contribution in [0, 0.1) is 5.92 Å². The van der Waals surface area contributed by atoms with Crippen molar-refractivity contribution in [1.29, 1.82) is 0 Å². The minimum atomic E-state index is -3.77. The molecular formula is C15H22Cl2N2O4S. The number of halogens is 2. The van der Waals surface area contributed by atoms with Gasteiger partial charge in [-0.2, -0.15) is 0 Å². The molecule has 136 valence electrons. The molecule has 24 heavy (non-hydrogen) atoms. The van der Waals surface area contributed by atoms with Crippen LogP contribution >= 0.6 is 24.0 Å².